The van der Waals surface area contributed by atoms with Crippen LogP contribution < -0.4 is 5.73 Å². The molecular formula is C21H25N5O2. The highest BCUT2D eigenvalue weighted by atomic mass is 16.5. The maximum Gasteiger partial charge on any atom is 0.279 e. The highest BCUT2D eigenvalue weighted by Gasteiger charge is 2.32. The number of carbonyl (C=O) groups is 1. The smallest absolute Gasteiger partial charge is 0.279 e. The van der Waals surface area contributed by atoms with Crippen LogP contribution in [-0.2, 0) is 19.4 Å². The van der Waals surface area contributed by atoms with Crippen molar-refractivity contribution in [2.45, 2.75) is 53.5 Å². The lowest BCUT2D eigenvalue weighted by atomic mass is 9.76. The van der Waals surface area contributed by atoms with Gasteiger partial charge in [0.05, 0.1) is 0 Å². The Morgan fingerprint density at radius 1 is 1.36 bits per heavy atom. The van der Waals surface area contributed by atoms with E-state index in [1.54, 1.807) is 18.2 Å². The number of amides is 1. The summed E-state index contributed by atoms with van der Waals surface area (Å²) in [6, 6.07) is 5.21. The Kier molecular flexibility index (Phi) is 4.33. The van der Waals surface area contributed by atoms with Crippen LogP contribution in [0.1, 0.15) is 54.4 Å². The van der Waals surface area contributed by atoms with E-state index in [9.17, 15) is 4.79 Å². The fourth-order valence-electron chi connectivity index (χ4n) is 3.93. The number of hydrogen-bond acceptors (Lipinski definition) is 5. The van der Waals surface area contributed by atoms with Gasteiger partial charge in [-0.25, -0.2) is 0 Å². The van der Waals surface area contributed by atoms with E-state index in [1.165, 1.54) is 11.3 Å². The van der Waals surface area contributed by atoms with Crippen LogP contribution in [-0.4, -0.2) is 25.8 Å². The molecule has 1 aliphatic carbocycles. The van der Waals surface area contributed by atoms with Gasteiger partial charge in [0.25, 0.3) is 5.89 Å². The quantitative estimate of drug-likeness (QED) is 0.747. The van der Waals surface area contributed by atoms with Gasteiger partial charge in [0.2, 0.25) is 11.7 Å². The first kappa shape index (κ1) is 18.4. The molecule has 4 rings (SSSR count). The highest BCUT2D eigenvalue weighted by molar-refractivity contribution is 5.93. The van der Waals surface area contributed by atoms with Gasteiger partial charge in [-0.2, -0.15) is 10.1 Å². The van der Waals surface area contributed by atoms with E-state index in [0.29, 0.717) is 17.3 Å². The number of aryl methyl sites for hydroxylation is 2. The number of primary amides is 1. The zero-order chi connectivity index (χ0) is 20.1. The minimum atomic E-state index is -0.455. The molecule has 0 saturated carbocycles. The molecule has 3 aromatic rings. The second-order valence-corrected chi connectivity index (χ2v) is 8.25. The maximum absolute atomic E-state index is 11.4. The van der Waals surface area contributed by atoms with Gasteiger partial charge in [-0.05, 0) is 56.2 Å². The predicted octanol–water partition coefficient (Wildman–Crippen LogP) is 3.54. The molecule has 0 aliphatic heterocycles. The minimum Gasteiger partial charge on any atom is -0.366 e. The van der Waals surface area contributed by atoms with Crippen molar-refractivity contribution < 1.29 is 9.32 Å². The van der Waals surface area contributed by atoms with Crippen molar-refractivity contribution >= 4 is 5.91 Å². The average Bonchev–Trinajstić information content (AvgIpc) is 3.24. The third kappa shape index (κ3) is 3.10. The fraction of sp³-hybridized carbons (Fsp3) is 0.429. The van der Waals surface area contributed by atoms with Crippen molar-refractivity contribution in [1.82, 2.24) is 19.9 Å². The number of aromatic nitrogens is 4. The van der Waals surface area contributed by atoms with E-state index in [4.69, 9.17) is 15.4 Å². The highest BCUT2D eigenvalue weighted by Crippen LogP contribution is 2.39. The molecule has 146 valence electrons. The Labute approximate surface area is 163 Å². The number of carbonyl (C=O) groups excluding carboxylic acids is 1. The number of hydrogen-bond donors (Lipinski definition) is 1. The summed E-state index contributed by atoms with van der Waals surface area (Å²) in [5.41, 5.74) is 11.0. The Morgan fingerprint density at radius 2 is 2.14 bits per heavy atom. The van der Waals surface area contributed by atoms with Crippen molar-refractivity contribution in [2.75, 3.05) is 0 Å². The van der Waals surface area contributed by atoms with Crippen LogP contribution in [0.5, 0.6) is 0 Å². The van der Waals surface area contributed by atoms with Crippen LogP contribution in [0, 0.1) is 12.3 Å². The van der Waals surface area contributed by atoms with Crippen molar-refractivity contribution in [1.29, 1.82) is 0 Å². The molecule has 1 aliphatic rings. The van der Waals surface area contributed by atoms with Gasteiger partial charge in [-0.3, -0.25) is 9.48 Å². The maximum atomic E-state index is 11.4. The summed E-state index contributed by atoms with van der Waals surface area (Å²) < 4.78 is 7.64. The van der Waals surface area contributed by atoms with E-state index in [2.05, 4.69) is 35.6 Å². The lowest BCUT2D eigenvalue weighted by Crippen LogP contribution is -2.24. The van der Waals surface area contributed by atoms with Gasteiger partial charge in [0.15, 0.2) is 5.69 Å². The molecule has 1 aromatic carbocycles. The van der Waals surface area contributed by atoms with Crippen LogP contribution >= 0.6 is 0 Å². The first-order chi connectivity index (χ1) is 13.3. The molecule has 0 unspecified atom stereocenters. The zero-order valence-electron chi connectivity index (χ0n) is 16.7. The standard InChI is InChI=1S/C21H25N5O2/c1-5-26-16-11-21(3,4)9-8-15(16)17(24-26)20-23-19(25-28-20)14-7-6-13(18(22)27)10-12(14)2/h6-7,10H,5,8-9,11H2,1-4H3,(H2,22,27). The summed E-state index contributed by atoms with van der Waals surface area (Å²) in [5, 5.41) is 8.93. The van der Waals surface area contributed by atoms with Crippen LogP contribution in [0.3, 0.4) is 0 Å². The summed E-state index contributed by atoms with van der Waals surface area (Å²) in [7, 11) is 0. The van der Waals surface area contributed by atoms with Gasteiger partial charge in [0, 0.05) is 28.9 Å². The molecule has 2 N–H and O–H groups in total. The second-order valence-electron chi connectivity index (χ2n) is 8.25. The van der Waals surface area contributed by atoms with Crippen molar-refractivity contribution in [2.24, 2.45) is 11.1 Å². The molecule has 1 amide bonds. The number of nitrogens with zero attached hydrogens (tertiary/aromatic N) is 4. The largest absolute Gasteiger partial charge is 0.366 e. The summed E-state index contributed by atoms with van der Waals surface area (Å²) >= 11 is 0. The van der Waals surface area contributed by atoms with Gasteiger partial charge in [-0.15, -0.1) is 0 Å². The summed E-state index contributed by atoms with van der Waals surface area (Å²) in [4.78, 5) is 16.0. The zero-order valence-corrected chi connectivity index (χ0v) is 16.7. The molecule has 0 saturated heterocycles. The first-order valence-corrected chi connectivity index (χ1v) is 9.62. The van der Waals surface area contributed by atoms with Gasteiger partial charge in [-0.1, -0.05) is 25.1 Å². The van der Waals surface area contributed by atoms with Gasteiger partial charge < -0.3 is 10.3 Å². The number of rotatable bonds is 4. The van der Waals surface area contributed by atoms with Crippen LogP contribution in [0.15, 0.2) is 22.7 Å². The minimum absolute atomic E-state index is 0.274. The molecule has 0 atom stereocenters. The Balaban J connectivity index is 1.73. The monoisotopic (exact) mass is 379 g/mol. The molecule has 0 radical (unpaired) electrons. The number of nitrogens with two attached hydrogens (primary N) is 1. The molecule has 0 fully saturated rings. The topological polar surface area (TPSA) is 99.8 Å². The van der Waals surface area contributed by atoms with Crippen LogP contribution in [0.4, 0.5) is 0 Å². The lowest BCUT2D eigenvalue weighted by molar-refractivity contribution is 0.1000. The lowest BCUT2D eigenvalue weighted by Gasteiger charge is -2.30. The third-order valence-electron chi connectivity index (χ3n) is 5.54. The fourth-order valence-corrected chi connectivity index (χ4v) is 3.93. The third-order valence-corrected chi connectivity index (χ3v) is 5.54. The molecule has 0 bridgehead atoms. The van der Waals surface area contributed by atoms with Crippen LogP contribution in [0.2, 0.25) is 0 Å². The Morgan fingerprint density at radius 3 is 2.82 bits per heavy atom. The average molecular weight is 379 g/mol. The van der Waals surface area contributed by atoms with Crippen molar-refractivity contribution in [3.63, 3.8) is 0 Å². The summed E-state index contributed by atoms with van der Waals surface area (Å²) in [5.74, 6) is 0.471. The second kappa shape index (κ2) is 6.58. The summed E-state index contributed by atoms with van der Waals surface area (Å²) in [6.07, 6.45) is 3.07. The Hall–Kier alpha value is -2.96. The SMILES string of the molecule is CCn1nc(-c2nc(-c3ccc(C(N)=O)cc3C)no2)c2c1CC(C)(C)CC2. The van der Waals surface area contributed by atoms with E-state index < -0.39 is 5.91 Å². The van der Waals surface area contributed by atoms with Crippen molar-refractivity contribution in [3.05, 3.63) is 40.6 Å². The van der Waals surface area contributed by atoms with E-state index in [1.807, 2.05) is 6.92 Å². The molecule has 7 heteroatoms. The molecular weight excluding hydrogens is 354 g/mol. The summed E-state index contributed by atoms with van der Waals surface area (Å²) in [6.45, 7) is 9.40. The normalized spacial score (nSPS) is 15.4. The molecule has 2 heterocycles. The molecule has 7 nitrogen and oxygen atoms in total. The van der Waals surface area contributed by atoms with E-state index >= 15 is 0 Å². The molecule has 0 spiro atoms. The number of benzene rings is 1. The Bertz CT molecular complexity index is 1060. The van der Waals surface area contributed by atoms with Gasteiger partial charge >= 0.3 is 0 Å². The van der Waals surface area contributed by atoms with Crippen LogP contribution in [0.25, 0.3) is 23.0 Å². The molecule has 28 heavy (non-hydrogen) atoms. The number of fused-ring (bicyclic) bond motifs is 1. The van der Waals surface area contributed by atoms with E-state index in [0.717, 1.165) is 42.6 Å². The van der Waals surface area contributed by atoms with E-state index in [-0.39, 0.29) is 5.41 Å². The predicted molar refractivity (Wildman–Crippen MR) is 106 cm³/mol. The first-order valence-electron chi connectivity index (χ1n) is 9.62. The van der Waals surface area contributed by atoms with Crippen molar-refractivity contribution in [3.8, 4) is 23.0 Å². The molecule has 2 aromatic heterocycles. The van der Waals surface area contributed by atoms with Gasteiger partial charge in [0.1, 0.15) is 0 Å².